The van der Waals surface area contributed by atoms with Gasteiger partial charge in [0.1, 0.15) is 5.69 Å². The van der Waals surface area contributed by atoms with Crippen LogP contribution in [0.1, 0.15) is 33.0 Å². The van der Waals surface area contributed by atoms with Crippen LogP contribution >= 0.6 is 0 Å². The summed E-state index contributed by atoms with van der Waals surface area (Å²) >= 11 is 0. The minimum atomic E-state index is -3.09. The van der Waals surface area contributed by atoms with Gasteiger partial charge >= 0.3 is 5.97 Å². The van der Waals surface area contributed by atoms with Crippen LogP contribution < -0.4 is 5.32 Å². The highest BCUT2D eigenvalue weighted by Crippen LogP contribution is 2.27. The summed E-state index contributed by atoms with van der Waals surface area (Å²) in [6, 6.07) is 10.4. The van der Waals surface area contributed by atoms with E-state index in [4.69, 9.17) is 4.74 Å². The summed E-state index contributed by atoms with van der Waals surface area (Å²) < 4.78 is 23.6. The maximum absolute atomic E-state index is 13.3. The van der Waals surface area contributed by atoms with Crippen LogP contribution in [0.15, 0.2) is 76.3 Å². The molecule has 1 N–H and O–H groups in total. The Bertz CT molecular complexity index is 1610. The van der Waals surface area contributed by atoms with Crippen molar-refractivity contribution in [1.82, 2.24) is 14.8 Å². The fraction of sp³-hybridized carbons (Fsp3) is 0.222. The zero-order valence-electron chi connectivity index (χ0n) is 21.4. The molecule has 10 nitrogen and oxygen atoms in total. The van der Waals surface area contributed by atoms with Gasteiger partial charge in [-0.2, -0.15) is 9.46 Å². The van der Waals surface area contributed by atoms with Crippen LogP contribution in [0, 0.1) is 12.8 Å². The van der Waals surface area contributed by atoms with E-state index in [0.29, 0.717) is 27.4 Å². The summed E-state index contributed by atoms with van der Waals surface area (Å²) in [7, 11) is -0.0983. The predicted molar refractivity (Wildman–Crippen MR) is 144 cm³/mol. The summed E-state index contributed by atoms with van der Waals surface area (Å²) in [4.78, 5) is 42.1. The lowest BCUT2D eigenvalue weighted by atomic mass is 10.0. The van der Waals surface area contributed by atoms with Crippen molar-refractivity contribution in [3.63, 3.8) is 0 Å². The average molecular weight is 534 g/mol. The number of esters is 1. The van der Waals surface area contributed by atoms with Crippen molar-refractivity contribution < 1.29 is 23.3 Å². The van der Waals surface area contributed by atoms with Crippen molar-refractivity contribution in [2.75, 3.05) is 18.7 Å². The highest BCUT2D eigenvalue weighted by atomic mass is 32.2. The lowest BCUT2D eigenvalue weighted by Crippen LogP contribution is -2.19. The fourth-order valence-electron chi connectivity index (χ4n) is 4.02. The summed E-state index contributed by atoms with van der Waals surface area (Å²) in [5.41, 5.74) is 3.21. The molecule has 0 fully saturated rings. The molecule has 2 aromatic heterocycles. The van der Waals surface area contributed by atoms with Crippen LogP contribution in [-0.4, -0.2) is 50.1 Å². The van der Waals surface area contributed by atoms with Gasteiger partial charge in [0, 0.05) is 41.9 Å². The molecule has 0 spiro atoms. The number of nitrogens with zero attached hydrogens (tertiary/aromatic N) is 4. The van der Waals surface area contributed by atoms with Gasteiger partial charge < -0.3 is 10.1 Å². The Morgan fingerprint density at radius 1 is 1.16 bits per heavy atom. The van der Waals surface area contributed by atoms with Crippen molar-refractivity contribution in [1.29, 1.82) is 0 Å². The molecule has 1 unspecified atom stereocenters. The number of amides is 2. The van der Waals surface area contributed by atoms with E-state index in [1.807, 2.05) is 13.0 Å². The van der Waals surface area contributed by atoms with Crippen molar-refractivity contribution >= 4 is 33.2 Å². The smallest absolute Gasteiger partial charge is 0.312 e. The Balaban J connectivity index is 1.55. The number of pyridine rings is 1. The normalized spacial score (nSPS) is 16.2. The second-order valence-corrected chi connectivity index (χ2v) is 11.2. The number of rotatable bonds is 6. The molecule has 0 radical (unpaired) electrons. The molecular weight excluding hydrogens is 506 g/mol. The van der Waals surface area contributed by atoms with E-state index in [1.54, 1.807) is 61.8 Å². The summed E-state index contributed by atoms with van der Waals surface area (Å²) in [6.07, 6.45) is 9.36. The fourth-order valence-corrected chi connectivity index (χ4v) is 5.38. The first-order valence-electron chi connectivity index (χ1n) is 11.7. The summed E-state index contributed by atoms with van der Waals surface area (Å²) in [6.45, 7) is 1.81. The van der Waals surface area contributed by atoms with E-state index in [9.17, 15) is 18.6 Å². The topological polar surface area (TPSA) is 133 Å². The first kappa shape index (κ1) is 26.7. The number of methoxy groups -OCH3 is 1. The van der Waals surface area contributed by atoms with Crippen molar-refractivity contribution in [2.45, 2.75) is 13.3 Å². The van der Waals surface area contributed by atoms with Gasteiger partial charge in [-0.1, -0.05) is 24.3 Å². The van der Waals surface area contributed by atoms with Crippen molar-refractivity contribution in [3.8, 4) is 11.1 Å². The quantitative estimate of drug-likeness (QED) is 0.475. The molecule has 1 aliphatic rings. The third-order valence-electron chi connectivity index (χ3n) is 5.97. The molecule has 1 aliphatic carbocycles. The summed E-state index contributed by atoms with van der Waals surface area (Å²) in [5.74, 6) is -2.01. The largest absolute Gasteiger partial charge is 0.469 e. The number of nitrogens with one attached hydrogen (secondary N) is 1. The second kappa shape index (κ2) is 10.9. The molecule has 38 heavy (non-hydrogen) atoms. The Morgan fingerprint density at radius 3 is 2.66 bits per heavy atom. The van der Waals surface area contributed by atoms with E-state index in [0.717, 1.165) is 5.69 Å². The lowest BCUT2D eigenvalue weighted by molar-refractivity contribution is -0.143. The zero-order chi connectivity index (χ0) is 27.4. The van der Waals surface area contributed by atoms with E-state index >= 15 is 0 Å². The SMILES string of the molecule is COC(=O)C1C=CC=C([S@](C)(=O)=NC(=O)c2cncc(-c3cccc(NC(=O)c4cc(C)nn4C)c3)c2)C1. The van der Waals surface area contributed by atoms with E-state index in [-0.39, 0.29) is 17.9 Å². The van der Waals surface area contributed by atoms with Gasteiger partial charge in [-0.05, 0) is 49.2 Å². The molecule has 0 bridgehead atoms. The Hall–Kier alpha value is -4.38. The first-order valence-corrected chi connectivity index (χ1v) is 13.6. The maximum Gasteiger partial charge on any atom is 0.312 e. The molecule has 2 atom stereocenters. The molecule has 0 saturated heterocycles. The van der Waals surface area contributed by atoms with Crippen LogP contribution in [0.3, 0.4) is 0 Å². The molecule has 1 aromatic carbocycles. The van der Waals surface area contributed by atoms with Crippen LogP contribution in [0.2, 0.25) is 0 Å². The zero-order valence-corrected chi connectivity index (χ0v) is 22.2. The van der Waals surface area contributed by atoms with E-state index in [2.05, 4.69) is 19.8 Å². The predicted octanol–water partition coefficient (Wildman–Crippen LogP) is 3.91. The van der Waals surface area contributed by atoms with Crippen molar-refractivity contribution in [2.24, 2.45) is 17.3 Å². The number of hydrogen-bond donors (Lipinski definition) is 1. The standard InChI is InChI=1S/C27H27N5O5S/c1-17-11-24(32(2)30-17)26(34)29-22-9-5-7-18(13-22)20-12-21(16-28-15-20)25(33)31-38(4,36)23-10-6-8-19(14-23)27(35)37-3/h5-13,15-16,19H,14H2,1-4H3,(H,29,34)/t19?,38-/m0/s1. The van der Waals surface area contributed by atoms with Gasteiger partial charge in [-0.3, -0.25) is 24.0 Å². The summed E-state index contributed by atoms with van der Waals surface area (Å²) in [5, 5.41) is 7.05. The van der Waals surface area contributed by atoms with Gasteiger partial charge in [0.15, 0.2) is 0 Å². The van der Waals surface area contributed by atoms with Crippen LogP contribution in [-0.2, 0) is 26.3 Å². The molecule has 196 valence electrons. The third kappa shape index (κ3) is 5.94. The number of allylic oxidation sites excluding steroid dienone is 3. The highest BCUT2D eigenvalue weighted by Gasteiger charge is 2.24. The highest BCUT2D eigenvalue weighted by molar-refractivity contribution is 7.97. The minimum absolute atomic E-state index is 0.157. The number of carbonyl (C=O) groups excluding carboxylic acids is 3. The Labute approximate surface area is 220 Å². The van der Waals surface area contributed by atoms with Gasteiger partial charge in [-0.15, -0.1) is 0 Å². The number of benzene rings is 1. The van der Waals surface area contributed by atoms with Crippen LogP contribution in [0.25, 0.3) is 11.1 Å². The number of carbonyl (C=O) groups is 3. The average Bonchev–Trinajstić information content (AvgIpc) is 3.26. The number of aryl methyl sites for hydroxylation is 2. The molecule has 0 saturated carbocycles. The molecule has 11 heteroatoms. The van der Waals surface area contributed by atoms with Gasteiger partial charge in [0.2, 0.25) is 0 Å². The lowest BCUT2D eigenvalue weighted by Gasteiger charge is -2.17. The third-order valence-corrected chi connectivity index (χ3v) is 7.76. The molecule has 4 rings (SSSR count). The minimum Gasteiger partial charge on any atom is -0.469 e. The number of anilines is 1. The van der Waals surface area contributed by atoms with E-state index < -0.39 is 27.5 Å². The Morgan fingerprint density at radius 2 is 1.95 bits per heavy atom. The molecular formula is C27H27N5O5S. The van der Waals surface area contributed by atoms with Crippen LogP contribution in [0.5, 0.6) is 0 Å². The molecule has 3 aromatic rings. The van der Waals surface area contributed by atoms with E-state index in [1.165, 1.54) is 24.2 Å². The number of ether oxygens (including phenoxy) is 1. The Kier molecular flexibility index (Phi) is 7.67. The van der Waals surface area contributed by atoms with Crippen LogP contribution in [0.4, 0.5) is 5.69 Å². The number of hydrogen-bond acceptors (Lipinski definition) is 7. The molecule has 2 amide bonds. The first-order chi connectivity index (χ1) is 18.1. The van der Waals surface area contributed by atoms with Gasteiger partial charge in [0.05, 0.1) is 34.0 Å². The molecule has 2 heterocycles. The van der Waals surface area contributed by atoms with Crippen molar-refractivity contribution in [3.05, 3.63) is 88.9 Å². The second-order valence-electron chi connectivity index (χ2n) is 8.84. The van der Waals surface area contributed by atoms with Gasteiger partial charge in [0.25, 0.3) is 11.8 Å². The molecule has 0 aliphatic heterocycles. The van der Waals surface area contributed by atoms with Gasteiger partial charge in [-0.25, -0.2) is 4.21 Å². The maximum atomic E-state index is 13.3. The monoisotopic (exact) mass is 533 g/mol. The number of aromatic nitrogens is 3.